The minimum absolute atomic E-state index is 0.0344. The van der Waals surface area contributed by atoms with Crippen LogP contribution in [0.15, 0.2) is 48.8 Å². The fourth-order valence-corrected chi connectivity index (χ4v) is 2.53. The Balaban J connectivity index is 1.61. The smallest absolute Gasteiger partial charge is 0.345 e. The summed E-state index contributed by atoms with van der Waals surface area (Å²) < 4.78 is 39.4. The quantitative estimate of drug-likeness (QED) is 0.719. The number of halogens is 4. The molecular formula is C17H13ClF3N5O. The van der Waals surface area contributed by atoms with Gasteiger partial charge in [-0.1, -0.05) is 47.1 Å². The highest BCUT2D eigenvalue weighted by Gasteiger charge is 2.32. The van der Waals surface area contributed by atoms with Crippen LogP contribution in [0.3, 0.4) is 0 Å². The van der Waals surface area contributed by atoms with Crippen molar-refractivity contribution in [2.75, 3.05) is 0 Å². The maximum Gasteiger partial charge on any atom is 0.417 e. The number of alkyl halides is 3. The van der Waals surface area contributed by atoms with Crippen molar-refractivity contribution in [1.82, 2.24) is 25.3 Å². The van der Waals surface area contributed by atoms with E-state index < -0.39 is 17.6 Å². The summed E-state index contributed by atoms with van der Waals surface area (Å²) in [6.07, 6.45) is -2.35. The van der Waals surface area contributed by atoms with E-state index >= 15 is 0 Å². The zero-order valence-corrected chi connectivity index (χ0v) is 14.5. The number of nitrogens with zero attached hydrogens (tertiary/aromatic N) is 4. The Labute approximate surface area is 157 Å². The number of hydrogen-bond donors (Lipinski definition) is 1. The molecule has 1 N–H and O–H groups in total. The first-order chi connectivity index (χ1) is 12.8. The van der Waals surface area contributed by atoms with Gasteiger partial charge in [-0.3, -0.25) is 4.79 Å². The summed E-state index contributed by atoms with van der Waals surface area (Å²) >= 11 is 5.75. The first-order valence-electron chi connectivity index (χ1n) is 7.77. The van der Waals surface area contributed by atoms with Crippen LogP contribution in [0.4, 0.5) is 13.2 Å². The lowest BCUT2D eigenvalue weighted by Crippen LogP contribution is -2.24. The second-order valence-corrected chi connectivity index (χ2v) is 6.04. The van der Waals surface area contributed by atoms with Gasteiger partial charge in [-0.25, -0.2) is 9.67 Å². The summed E-state index contributed by atoms with van der Waals surface area (Å²) in [6.45, 7) is 0.556. The van der Waals surface area contributed by atoms with Gasteiger partial charge in [-0.2, -0.15) is 13.2 Å². The third-order valence-electron chi connectivity index (χ3n) is 3.59. The molecule has 6 nitrogen and oxygen atoms in total. The number of amides is 1. The van der Waals surface area contributed by atoms with Crippen LogP contribution in [-0.4, -0.2) is 25.9 Å². The lowest BCUT2D eigenvalue weighted by atomic mass is 10.2. The number of benzene rings is 1. The average Bonchev–Trinajstić information content (AvgIpc) is 3.07. The lowest BCUT2D eigenvalue weighted by Gasteiger charge is -2.09. The predicted molar refractivity (Wildman–Crippen MR) is 91.0 cm³/mol. The van der Waals surface area contributed by atoms with Crippen molar-refractivity contribution in [3.05, 3.63) is 76.3 Å². The summed E-state index contributed by atoms with van der Waals surface area (Å²) in [5.41, 5.74) is 0.218. The van der Waals surface area contributed by atoms with E-state index in [0.29, 0.717) is 24.5 Å². The number of nitrogens with one attached hydrogen (secondary N) is 1. The van der Waals surface area contributed by atoms with E-state index in [-0.39, 0.29) is 17.3 Å². The Morgan fingerprint density at radius 3 is 2.63 bits per heavy atom. The Morgan fingerprint density at radius 1 is 1.22 bits per heavy atom. The van der Waals surface area contributed by atoms with Gasteiger partial charge in [0.05, 0.1) is 29.9 Å². The Kier molecular flexibility index (Phi) is 5.41. The molecule has 0 atom stereocenters. The summed E-state index contributed by atoms with van der Waals surface area (Å²) in [4.78, 5) is 15.6. The molecule has 27 heavy (non-hydrogen) atoms. The van der Waals surface area contributed by atoms with Crippen molar-refractivity contribution in [1.29, 1.82) is 0 Å². The van der Waals surface area contributed by atoms with E-state index in [1.807, 2.05) is 30.3 Å². The summed E-state index contributed by atoms with van der Waals surface area (Å²) in [5.74, 6) is -0.702. The first-order valence-corrected chi connectivity index (χ1v) is 8.14. The molecule has 10 heteroatoms. The molecular weight excluding hydrogens is 383 g/mol. The van der Waals surface area contributed by atoms with Crippen LogP contribution < -0.4 is 5.32 Å². The van der Waals surface area contributed by atoms with E-state index in [9.17, 15) is 18.0 Å². The van der Waals surface area contributed by atoms with Crippen molar-refractivity contribution < 1.29 is 18.0 Å². The number of pyridine rings is 1. The first kappa shape index (κ1) is 18.8. The van der Waals surface area contributed by atoms with Crippen LogP contribution in [0, 0.1) is 0 Å². The number of carbonyl (C=O) groups excluding carboxylic acids is 1. The van der Waals surface area contributed by atoms with Gasteiger partial charge in [-0.15, -0.1) is 5.10 Å². The Hall–Kier alpha value is -2.94. The van der Waals surface area contributed by atoms with Crippen LogP contribution >= 0.6 is 11.6 Å². The summed E-state index contributed by atoms with van der Waals surface area (Å²) in [6, 6.07) is 10.3. The zero-order chi connectivity index (χ0) is 19.4. The van der Waals surface area contributed by atoms with E-state index in [1.165, 1.54) is 0 Å². The standard InChI is InChI=1S/C17H13ClF3N5O/c18-14-6-12(17(19,20)21)7-22-15(14)16(27)23-8-13-10-26(25-24-13)9-11-4-2-1-3-5-11/h1-7,10H,8-9H2,(H,23,27). The van der Waals surface area contributed by atoms with Crippen molar-refractivity contribution in [2.24, 2.45) is 0 Å². The molecule has 0 saturated heterocycles. The number of aromatic nitrogens is 4. The van der Waals surface area contributed by atoms with E-state index in [4.69, 9.17) is 11.6 Å². The van der Waals surface area contributed by atoms with Crippen molar-refractivity contribution in [2.45, 2.75) is 19.3 Å². The molecule has 0 bridgehead atoms. The maximum absolute atomic E-state index is 12.6. The lowest BCUT2D eigenvalue weighted by molar-refractivity contribution is -0.137. The van der Waals surface area contributed by atoms with Gasteiger partial charge < -0.3 is 5.32 Å². The van der Waals surface area contributed by atoms with Crippen molar-refractivity contribution in [3.8, 4) is 0 Å². The van der Waals surface area contributed by atoms with Crippen molar-refractivity contribution in [3.63, 3.8) is 0 Å². The van der Waals surface area contributed by atoms with Crippen LogP contribution in [0.25, 0.3) is 0 Å². The third-order valence-corrected chi connectivity index (χ3v) is 3.88. The molecule has 1 amide bonds. The van der Waals surface area contributed by atoms with E-state index in [1.54, 1.807) is 10.9 Å². The minimum atomic E-state index is -4.58. The molecule has 140 valence electrons. The Bertz CT molecular complexity index is 943. The maximum atomic E-state index is 12.6. The Morgan fingerprint density at radius 2 is 1.96 bits per heavy atom. The molecule has 0 saturated carbocycles. The fourth-order valence-electron chi connectivity index (χ4n) is 2.28. The van der Waals surface area contributed by atoms with Gasteiger partial charge in [0.1, 0.15) is 11.4 Å². The molecule has 0 radical (unpaired) electrons. The topological polar surface area (TPSA) is 72.7 Å². The number of hydrogen-bond acceptors (Lipinski definition) is 4. The number of carbonyl (C=O) groups is 1. The molecule has 0 spiro atoms. The highest BCUT2D eigenvalue weighted by Crippen LogP contribution is 2.30. The molecule has 0 aliphatic rings. The fraction of sp³-hybridized carbons (Fsp3) is 0.176. The molecule has 1 aromatic carbocycles. The third kappa shape index (κ3) is 4.82. The van der Waals surface area contributed by atoms with Gasteiger partial charge in [0.2, 0.25) is 0 Å². The molecule has 3 rings (SSSR count). The van der Waals surface area contributed by atoms with Crippen LogP contribution in [0.5, 0.6) is 0 Å². The minimum Gasteiger partial charge on any atom is -0.345 e. The molecule has 0 fully saturated rings. The van der Waals surface area contributed by atoms with Gasteiger partial charge in [0, 0.05) is 6.20 Å². The normalized spacial score (nSPS) is 11.4. The van der Waals surface area contributed by atoms with Gasteiger partial charge in [0.25, 0.3) is 5.91 Å². The second kappa shape index (κ2) is 7.75. The summed E-state index contributed by atoms with van der Waals surface area (Å²) in [7, 11) is 0. The van der Waals surface area contributed by atoms with Crippen LogP contribution in [0.1, 0.15) is 27.3 Å². The van der Waals surface area contributed by atoms with Gasteiger partial charge in [0.15, 0.2) is 0 Å². The van der Waals surface area contributed by atoms with Crippen LogP contribution in [-0.2, 0) is 19.3 Å². The zero-order valence-electron chi connectivity index (χ0n) is 13.7. The molecule has 0 aliphatic heterocycles. The predicted octanol–water partition coefficient (Wildman–Crippen LogP) is 3.32. The highest BCUT2D eigenvalue weighted by atomic mass is 35.5. The highest BCUT2D eigenvalue weighted by molar-refractivity contribution is 6.33. The number of rotatable bonds is 5. The van der Waals surface area contributed by atoms with Gasteiger partial charge in [-0.05, 0) is 11.6 Å². The van der Waals surface area contributed by atoms with E-state index in [0.717, 1.165) is 5.56 Å². The van der Waals surface area contributed by atoms with E-state index in [2.05, 4.69) is 20.6 Å². The van der Waals surface area contributed by atoms with Crippen LogP contribution in [0.2, 0.25) is 5.02 Å². The average molecular weight is 396 g/mol. The monoisotopic (exact) mass is 395 g/mol. The largest absolute Gasteiger partial charge is 0.417 e. The SMILES string of the molecule is O=C(NCc1cn(Cc2ccccc2)nn1)c1ncc(C(F)(F)F)cc1Cl. The molecule has 0 unspecified atom stereocenters. The second-order valence-electron chi connectivity index (χ2n) is 5.63. The molecule has 2 heterocycles. The molecule has 2 aromatic heterocycles. The molecule has 3 aromatic rings. The van der Waals surface area contributed by atoms with Crippen molar-refractivity contribution >= 4 is 17.5 Å². The molecule has 0 aliphatic carbocycles. The summed E-state index contributed by atoms with van der Waals surface area (Å²) in [5, 5.41) is 10.0. The van der Waals surface area contributed by atoms with Gasteiger partial charge >= 0.3 is 6.18 Å².